The SMILES string of the molecule is CNCC(C)C(=O)NCc1c(OC)ccc2ccccc12. The van der Waals surface area contributed by atoms with Crippen molar-refractivity contribution >= 4 is 16.7 Å². The molecule has 2 aromatic rings. The van der Waals surface area contributed by atoms with Crippen molar-refractivity contribution in [3.8, 4) is 5.75 Å². The molecular weight excluding hydrogens is 264 g/mol. The summed E-state index contributed by atoms with van der Waals surface area (Å²) in [5.41, 5.74) is 1.01. The third-order valence-corrected chi connectivity index (χ3v) is 3.61. The minimum absolute atomic E-state index is 0.0411. The fraction of sp³-hybridized carbons (Fsp3) is 0.353. The number of hydrogen-bond donors (Lipinski definition) is 2. The van der Waals surface area contributed by atoms with Crippen LogP contribution < -0.4 is 15.4 Å². The first-order valence-electron chi connectivity index (χ1n) is 7.14. The van der Waals surface area contributed by atoms with Gasteiger partial charge in [-0.15, -0.1) is 0 Å². The van der Waals surface area contributed by atoms with E-state index in [0.29, 0.717) is 13.1 Å². The van der Waals surface area contributed by atoms with Crippen LogP contribution in [0.5, 0.6) is 5.75 Å². The lowest BCUT2D eigenvalue weighted by molar-refractivity contribution is -0.124. The maximum atomic E-state index is 12.1. The Morgan fingerprint density at radius 1 is 1.24 bits per heavy atom. The van der Waals surface area contributed by atoms with Gasteiger partial charge in [0, 0.05) is 24.6 Å². The molecule has 2 aromatic carbocycles. The first-order chi connectivity index (χ1) is 10.2. The molecule has 2 rings (SSSR count). The van der Waals surface area contributed by atoms with Gasteiger partial charge in [-0.05, 0) is 23.9 Å². The van der Waals surface area contributed by atoms with Crippen LogP contribution in [-0.2, 0) is 11.3 Å². The Labute approximate surface area is 125 Å². The van der Waals surface area contributed by atoms with Gasteiger partial charge in [-0.25, -0.2) is 0 Å². The highest BCUT2D eigenvalue weighted by molar-refractivity contribution is 5.88. The van der Waals surface area contributed by atoms with Gasteiger partial charge in [0.25, 0.3) is 0 Å². The summed E-state index contributed by atoms with van der Waals surface area (Å²) in [7, 11) is 3.50. The van der Waals surface area contributed by atoms with E-state index in [1.165, 1.54) is 0 Å². The number of ether oxygens (including phenoxy) is 1. The Kier molecular flexibility index (Phi) is 5.17. The molecule has 0 aromatic heterocycles. The van der Waals surface area contributed by atoms with E-state index >= 15 is 0 Å². The molecule has 112 valence electrons. The van der Waals surface area contributed by atoms with Crippen LogP contribution >= 0.6 is 0 Å². The van der Waals surface area contributed by atoms with Crippen molar-refractivity contribution < 1.29 is 9.53 Å². The molecule has 0 bridgehead atoms. The Morgan fingerprint density at radius 2 is 2.00 bits per heavy atom. The van der Waals surface area contributed by atoms with E-state index in [1.54, 1.807) is 7.11 Å². The molecule has 0 aliphatic heterocycles. The molecule has 0 spiro atoms. The molecule has 4 nitrogen and oxygen atoms in total. The van der Waals surface area contributed by atoms with Crippen LogP contribution in [0.1, 0.15) is 12.5 Å². The van der Waals surface area contributed by atoms with Crippen molar-refractivity contribution in [3.05, 3.63) is 42.0 Å². The Bertz CT molecular complexity index is 625. The van der Waals surface area contributed by atoms with Crippen molar-refractivity contribution in [2.24, 2.45) is 5.92 Å². The average molecular weight is 286 g/mol. The molecule has 21 heavy (non-hydrogen) atoms. The zero-order valence-electron chi connectivity index (χ0n) is 12.8. The summed E-state index contributed by atoms with van der Waals surface area (Å²) < 4.78 is 5.43. The number of nitrogens with one attached hydrogen (secondary N) is 2. The number of methoxy groups -OCH3 is 1. The lowest BCUT2D eigenvalue weighted by Crippen LogP contribution is -2.34. The second kappa shape index (κ2) is 7.09. The molecule has 0 radical (unpaired) electrons. The predicted molar refractivity (Wildman–Crippen MR) is 85.4 cm³/mol. The minimum Gasteiger partial charge on any atom is -0.496 e. The molecule has 1 amide bonds. The topological polar surface area (TPSA) is 50.4 Å². The summed E-state index contributed by atoms with van der Waals surface area (Å²) >= 11 is 0. The van der Waals surface area contributed by atoms with E-state index in [-0.39, 0.29) is 11.8 Å². The first kappa shape index (κ1) is 15.3. The maximum Gasteiger partial charge on any atom is 0.224 e. The maximum absolute atomic E-state index is 12.1. The van der Waals surface area contributed by atoms with Crippen LogP contribution in [0.4, 0.5) is 0 Å². The quantitative estimate of drug-likeness (QED) is 0.857. The van der Waals surface area contributed by atoms with Gasteiger partial charge in [0.2, 0.25) is 5.91 Å². The summed E-state index contributed by atoms with van der Waals surface area (Å²) in [6, 6.07) is 12.1. The summed E-state index contributed by atoms with van der Waals surface area (Å²) in [6.07, 6.45) is 0. The number of fused-ring (bicyclic) bond motifs is 1. The Hall–Kier alpha value is -2.07. The van der Waals surface area contributed by atoms with E-state index in [0.717, 1.165) is 22.1 Å². The Morgan fingerprint density at radius 3 is 2.71 bits per heavy atom. The second-order valence-corrected chi connectivity index (χ2v) is 5.14. The zero-order valence-corrected chi connectivity index (χ0v) is 12.8. The number of carbonyl (C=O) groups is 1. The molecule has 2 N–H and O–H groups in total. The van der Waals surface area contributed by atoms with Crippen molar-refractivity contribution in [3.63, 3.8) is 0 Å². The zero-order chi connectivity index (χ0) is 15.2. The monoisotopic (exact) mass is 286 g/mol. The summed E-state index contributed by atoms with van der Waals surface area (Å²) in [5, 5.41) is 8.26. The molecule has 1 atom stereocenters. The minimum atomic E-state index is -0.0593. The van der Waals surface area contributed by atoms with Gasteiger partial charge in [0.15, 0.2) is 0 Å². The number of benzene rings is 2. The van der Waals surface area contributed by atoms with Crippen LogP contribution in [-0.4, -0.2) is 26.6 Å². The number of amides is 1. The number of rotatable bonds is 6. The normalized spacial score (nSPS) is 12.1. The van der Waals surface area contributed by atoms with E-state index in [4.69, 9.17) is 4.74 Å². The van der Waals surface area contributed by atoms with Crippen molar-refractivity contribution in [2.45, 2.75) is 13.5 Å². The number of hydrogen-bond acceptors (Lipinski definition) is 3. The van der Waals surface area contributed by atoms with Crippen LogP contribution in [0.15, 0.2) is 36.4 Å². The lowest BCUT2D eigenvalue weighted by Gasteiger charge is -2.15. The fourth-order valence-corrected chi connectivity index (χ4v) is 2.44. The molecule has 0 fully saturated rings. The van der Waals surface area contributed by atoms with Crippen LogP contribution in [0, 0.1) is 5.92 Å². The average Bonchev–Trinajstić information content (AvgIpc) is 2.52. The predicted octanol–water partition coefficient (Wildman–Crippen LogP) is 2.32. The van der Waals surface area contributed by atoms with Crippen molar-refractivity contribution in [2.75, 3.05) is 20.7 Å². The Balaban J connectivity index is 2.22. The van der Waals surface area contributed by atoms with Gasteiger partial charge in [-0.3, -0.25) is 4.79 Å². The first-order valence-corrected chi connectivity index (χ1v) is 7.14. The number of carbonyl (C=O) groups excluding carboxylic acids is 1. The van der Waals surface area contributed by atoms with Gasteiger partial charge in [-0.1, -0.05) is 37.3 Å². The highest BCUT2D eigenvalue weighted by Crippen LogP contribution is 2.27. The molecule has 0 heterocycles. The standard InChI is InChI=1S/C17H22N2O2/c1-12(10-18-2)17(20)19-11-15-14-7-5-4-6-13(14)8-9-16(15)21-3/h4-9,12,18H,10-11H2,1-3H3,(H,19,20). The third-order valence-electron chi connectivity index (χ3n) is 3.61. The highest BCUT2D eigenvalue weighted by atomic mass is 16.5. The van der Waals surface area contributed by atoms with E-state index in [9.17, 15) is 4.79 Å². The van der Waals surface area contributed by atoms with Crippen molar-refractivity contribution in [1.29, 1.82) is 0 Å². The molecule has 0 aliphatic rings. The summed E-state index contributed by atoms with van der Waals surface area (Å²) in [6.45, 7) is 3.04. The fourth-order valence-electron chi connectivity index (χ4n) is 2.44. The van der Waals surface area contributed by atoms with E-state index in [1.807, 2.05) is 38.2 Å². The van der Waals surface area contributed by atoms with Gasteiger partial charge in [0.05, 0.1) is 7.11 Å². The smallest absolute Gasteiger partial charge is 0.224 e. The molecule has 1 unspecified atom stereocenters. The van der Waals surface area contributed by atoms with Gasteiger partial charge < -0.3 is 15.4 Å². The summed E-state index contributed by atoms with van der Waals surface area (Å²) in [5.74, 6) is 0.783. The van der Waals surface area contributed by atoms with Gasteiger partial charge in [-0.2, -0.15) is 0 Å². The highest BCUT2D eigenvalue weighted by Gasteiger charge is 2.14. The van der Waals surface area contributed by atoms with E-state index < -0.39 is 0 Å². The van der Waals surface area contributed by atoms with Gasteiger partial charge >= 0.3 is 0 Å². The van der Waals surface area contributed by atoms with Crippen LogP contribution in [0.3, 0.4) is 0 Å². The van der Waals surface area contributed by atoms with Gasteiger partial charge in [0.1, 0.15) is 5.75 Å². The second-order valence-electron chi connectivity index (χ2n) is 5.14. The third kappa shape index (κ3) is 3.52. The molecular formula is C17H22N2O2. The molecule has 0 saturated heterocycles. The van der Waals surface area contributed by atoms with Crippen molar-refractivity contribution in [1.82, 2.24) is 10.6 Å². The molecule has 0 saturated carbocycles. The molecule has 0 aliphatic carbocycles. The van der Waals surface area contributed by atoms with Crippen LogP contribution in [0.2, 0.25) is 0 Å². The lowest BCUT2D eigenvalue weighted by atomic mass is 10.0. The van der Waals surface area contributed by atoms with E-state index in [2.05, 4.69) is 22.8 Å². The summed E-state index contributed by atoms with van der Waals surface area (Å²) in [4.78, 5) is 12.1. The van der Waals surface area contributed by atoms with Crippen LogP contribution in [0.25, 0.3) is 10.8 Å². The largest absolute Gasteiger partial charge is 0.496 e. The molecule has 4 heteroatoms.